The van der Waals surface area contributed by atoms with Gasteiger partial charge >= 0.3 is 6.03 Å². The molecule has 3 rings (SSSR count). The maximum Gasteiger partial charge on any atom is 0.322 e. The van der Waals surface area contributed by atoms with Crippen molar-refractivity contribution >= 4 is 22.6 Å². The van der Waals surface area contributed by atoms with Crippen LogP contribution < -0.4 is 15.6 Å². The molecule has 0 saturated heterocycles. The molecular formula is C22H25N3O4. The zero-order chi connectivity index (χ0) is 20.8. The van der Waals surface area contributed by atoms with Crippen LogP contribution in [0.25, 0.3) is 10.9 Å². The van der Waals surface area contributed by atoms with E-state index in [4.69, 9.17) is 4.74 Å². The van der Waals surface area contributed by atoms with Crippen LogP contribution in [-0.2, 0) is 6.54 Å². The number of amides is 2. The number of aliphatic hydroxyl groups excluding tert-OH is 1. The van der Waals surface area contributed by atoms with E-state index in [1.54, 1.807) is 24.3 Å². The maximum atomic E-state index is 12.9. The van der Waals surface area contributed by atoms with Crippen molar-refractivity contribution in [1.29, 1.82) is 0 Å². The van der Waals surface area contributed by atoms with Crippen molar-refractivity contribution in [2.75, 3.05) is 25.6 Å². The quantitative estimate of drug-likeness (QED) is 0.572. The highest BCUT2D eigenvalue weighted by Gasteiger charge is 2.17. The molecule has 1 heterocycles. The van der Waals surface area contributed by atoms with Crippen molar-refractivity contribution in [2.45, 2.75) is 19.9 Å². The first kappa shape index (κ1) is 20.4. The van der Waals surface area contributed by atoms with E-state index in [1.165, 1.54) is 12.0 Å². The van der Waals surface area contributed by atoms with Crippen LogP contribution in [0.3, 0.4) is 0 Å². The minimum atomic E-state index is -0.369. The highest BCUT2D eigenvalue weighted by atomic mass is 16.5. The Morgan fingerprint density at radius 3 is 2.76 bits per heavy atom. The van der Waals surface area contributed by atoms with Gasteiger partial charge in [0.15, 0.2) is 0 Å². The molecule has 0 saturated carbocycles. The number of H-pyrrole nitrogens is 1. The fraction of sp³-hybridized carbons (Fsp3) is 0.273. The molecule has 7 nitrogen and oxygen atoms in total. The van der Waals surface area contributed by atoms with Crippen molar-refractivity contribution in [3.05, 3.63) is 70.0 Å². The number of carbonyl (C=O) groups is 1. The number of nitrogens with zero attached hydrogens (tertiary/aromatic N) is 1. The van der Waals surface area contributed by atoms with E-state index >= 15 is 0 Å². The number of para-hydroxylation sites is 2. The van der Waals surface area contributed by atoms with E-state index in [9.17, 15) is 14.7 Å². The lowest BCUT2D eigenvalue weighted by atomic mass is 10.1. The zero-order valence-corrected chi connectivity index (χ0v) is 16.6. The Kier molecular flexibility index (Phi) is 6.51. The minimum Gasteiger partial charge on any atom is -0.495 e. The molecule has 0 aliphatic heterocycles. The first-order valence-electron chi connectivity index (χ1n) is 9.44. The van der Waals surface area contributed by atoms with E-state index in [-0.39, 0.29) is 24.7 Å². The lowest BCUT2D eigenvalue weighted by molar-refractivity contribution is 0.199. The molecule has 29 heavy (non-hydrogen) atoms. The standard InChI is InChI=1S/C22H25N3O4/c1-15-8-9-16-13-17(21(27)23-19(16)12-15)14-25(10-5-11-26)22(28)24-18-6-3-4-7-20(18)29-2/h3-4,6-9,12-13,26H,5,10-11,14H2,1-2H3,(H,23,27)(H,24,28). The molecule has 2 aromatic carbocycles. The molecule has 0 aliphatic carbocycles. The summed E-state index contributed by atoms with van der Waals surface area (Å²) in [5.74, 6) is 0.543. The Morgan fingerprint density at radius 2 is 2.00 bits per heavy atom. The summed E-state index contributed by atoms with van der Waals surface area (Å²) in [4.78, 5) is 29.8. The van der Waals surface area contributed by atoms with Crippen molar-refractivity contribution in [2.24, 2.45) is 0 Å². The Hall–Kier alpha value is -3.32. The van der Waals surface area contributed by atoms with Crippen LogP contribution in [0.5, 0.6) is 5.75 Å². The SMILES string of the molecule is COc1ccccc1NC(=O)N(CCCO)Cc1cc2ccc(C)cc2[nH]c1=O. The van der Waals surface area contributed by atoms with Gasteiger partial charge in [0.1, 0.15) is 5.75 Å². The third-order valence-electron chi connectivity index (χ3n) is 4.66. The number of methoxy groups -OCH3 is 1. The number of carbonyl (C=O) groups excluding carboxylic acids is 1. The molecule has 0 spiro atoms. The Balaban J connectivity index is 1.86. The fourth-order valence-electron chi connectivity index (χ4n) is 3.14. The Bertz CT molecular complexity index is 1060. The van der Waals surface area contributed by atoms with Crippen LogP contribution in [0.1, 0.15) is 17.5 Å². The number of benzene rings is 2. The molecule has 0 unspecified atom stereocenters. The van der Waals surface area contributed by atoms with Crippen molar-refractivity contribution < 1.29 is 14.6 Å². The normalized spacial score (nSPS) is 10.7. The summed E-state index contributed by atoms with van der Waals surface area (Å²) in [6, 6.07) is 14.4. The third-order valence-corrected chi connectivity index (χ3v) is 4.66. The van der Waals surface area contributed by atoms with E-state index < -0.39 is 0 Å². The molecule has 0 atom stereocenters. The van der Waals surface area contributed by atoms with Gasteiger partial charge in [0, 0.05) is 24.2 Å². The van der Waals surface area contributed by atoms with Crippen molar-refractivity contribution in [1.82, 2.24) is 9.88 Å². The molecule has 0 bridgehead atoms. The highest BCUT2D eigenvalue weighted by Crippen LogP contribution is 2.23. The van der Waals surface area contributed by atoms with Gasteiger partial charge in [0.2, 0.25) is 0 Å². The van der Waals surface area contributed by atoms with Gasteiger partial charge in [-0.25, -0.2) is 4.79 Å². The molecule has 152 valence electrons. The monoisotopic (exact) mass is 395 g/mol. The summed E-state index contributed by atoms with van der Waals surface area (Å²) >= 11 is 0. The number of ether oxygens (including phenoxy) is 1. The number of fused-ring (bicyclic) bond motifs is 1. The number of aromatic amines is 1. The minimum absolute atomic E-state index is 0.0498. The molecule has 0 radical (unpaired) electrons. The largest absolute Gasteiger partial charge is 0.495 e. The number of anilines is 1. The molecule has 3 aromatic rings. The summed E-state index contributed by atoms with van der Waals surface area (Å²) < 4.78 is 5.27. The first-order valence-corrected chi connectivity index (χ1v) is 9.44. The molecule has 7 heteroatoms. The zero-order valence-electron chi connectivity index (χ0n) is 16.6. The summed E-state index contributed by atoms with van der Waals surface area (Å²) in [5, 5.41) is 12.9. The average molecular weight is 395 g/mol. The number of aromatic nitrogens is 1. The van der Waals surface area contributed by atoms with Gasteiger partial charge in [0.25, 0.3) is 5.56 Å². The summed E-state index contributed by atoms with van der Waals surface area (Å²) in [7, 11) is 1.53. The van der Waals surface area contributed by atoms with Crippen LogP contribution in [0.2, 0.25) is 0 Å². The number of nitrogens with one attached hydrogen (secondary N) is 2. The van der Waals surface area contributed by atoms with Crippen LogP contribution in [0.4, 0.5) is 10.5 Å². The lowest BCUT2D eigenvalue weighted by Crippen LogP contribution is -2.37. The summed E-state index contributed by atoms with van der Waals surface area (Å²) in [5.41, 5.74) is 2.61. The second-order valence-corrected chi connectivity index (χ2v) is 6.84. The van der Waals surface area contributed by atoms with Crippen molar-refractivity contribution in [3.63, 3.8) is 0 Å². The Morgan fingerprint density at radius 1 is 1.21 bits per heavy atom. The predicted octanol–water partition coefficient (Wildman–Crippen LogP) is 3.26. The summed E-state index contributed by atoms with van der Waals surface area (Å²) in [6.45, 7) is 2.35. The average Bonchev–Trinajstić information content (AvgIpc) is 2.71. The van der Waals surface area contributed by atoms with E-state index in [2.05, 4.69) is 10.3 Å². The predicted molar refractivity (Wildman–Crippen MR) is 113 cm³/mol. The van der Waals surface area contributed by atoms with E-state index in [0.717, 1.165) is 16.5 Å². The highest BCUT2D eigenvalue weighted by molar-refractivity contribution is 5.91. The summed E-state index contributed by atoms with van der Waals surface area (Å²) in [6.07, 6.45) is 0.407. The molecule has 2 amide bonds. The van der Waals surface area contributed by atoms with E-state index in [0.29, 0.717) is 30.0 Å². The van der Waals surface area contributed by atoms with Crippen LogP contribution in [0, 0.1) is 6.92 Å². The topological polar surface area (TPSA) is 94.7 Å². The molecule has 0 aliphatic rings. The third kappa shape index (κ3) is 4.94. The number of aryl methyl sites for hydroxylation is 1. The fourth-order valence-corrected chi connectivity index (χ4v) is 3.14. The Labute approximate surface area is 168 Å². The second-order valence-electron chi connectivity index (χ2n) is 6.84. The van der Waals surface area contributed by atoms with Crippen LogP contribution >= 0.6 is 0 Å². The van der Waals surface area contributed by atoms with Gasteiger partial charge in [-0.2, -0.15) is 0 Å². The smallest absolute Gasteiger partial charge is 0.322 e. The molecule has 3 N–H and O–H groups in total. The molecule has 0 fully saturated rings. The van der Waals surface area contributed by atoms with Gasteiger partial charge in [-0.05, 0) is 48.6 Å². The number of urea groups is 1. The number of pyridine rings is 1. The first-order chi connectivity index (χ1) is 14.0. The number of aliphatic hydroxyl groups is 1. The van der Waals surface area contributed by atoms with Crippen molar-refractivity contribution in [3.8, 4) is 5.75 Å². The van der Waals surface area contributed by atoms with Gasteiger partial charge in [-0.15, -0.1) is 0 Å². The molecule has 1 aromatic heterocycles. The van der Waals surface area contributed by atoms with Crippen LogP contribution in [-0.4, -0.2) is 41.3 Å². The number of hydrogen-bond donors (Lipinski definition) is 3. The maximum absolute atomic E-state index is 12.9. The van der Waals surface area contributed by atoms with Gasteiger partial charge < -0.3 is 25.0 Å². The number of hydrogen-bond acceptors (Lipinski definition) is 4. The van der Waals surface area contributed by atoms with Gasteiger partial charge in [0.05, 0.1) is 19.3 Å². The number of rotatable bonds is 7. The second kappa shape index (κ2) is 9.25. The van der Waals surface area contributed by atoms with Gasteiger partial charge in [-0.3, -0.25) is 4.79 Å². The molecular weight excluding hydrogens is 370 g/mol. The lowest BCUT2D eigenvalue weighted by Gasteiger charge is -2.23. The van der Waals surface area contributed by atoms with Crippen LogP contribution in [0.15, 0.2) is 53.3 Å². The van der Waals surface area contributed by atoms with E-state index in [1.807, 2.05) is 31.2 Å². The van der Waals surface area contributed by atoms with Gasteiger partial charge in [-0.1, -0.05) is 24.3 Å².